The number of ether oxygens (including phenoxy) is 1. The average molecular weight is 407 g/mol. The highest BCUT2D eigenvalue weighted by atomic mass is 19.2. The second kappa shape index (κ2) is 8.57. The third kappa shape index (κ3) is 4.98. The lowest BCUT2D eigenvalue weighted by molar-refractivity contribution is -0.138. The number of allylic oxidation sites excluding steroid dienone is 2. The Balaban J connectivity index is 1.74. The van der Waals surface area contributed by atoms with Gasteiger partial charge in [-0.15, -0.1) is 0 Å². The number of aromatic nitrogens is 2. The van der Waals surface area contributed by atoms with Gasteiger partial charge in [0.25, 0.3) is 0 Å². The predicted octanol–water partition coefficient (Wildman–Crippen LogP) is 4.07. The summed E-state index contributed by atoms with van der Waals surface area (Å²) in [6.45, 7) is 6.21. The monoisotopic (exact) mass is 407 g/mol. The van der Waals surface area contributed by atoms with Crippen molar-refractivity contribution in [3.8, 4) is 5.88 Å². The normalized spacial score (nSPS) is 23.7. The van der Waals surface area contributed by atoms with Gasteiger partial charge in [0.15, 0.2) is 11.7 Å². The molecule has 1 aliphatic carbocycles. The van der Waals surface area contributed by atoms with E-state index in [0.717, 1.165) is 6.08 Å². The fourth-order valence-electron chi connectivity index (χ4n) is 3.79. The average Bonchev–Trinajstić information content (AvgIpc) is 2.63. The quantitative estimate of drug-likeness (QED) is 0.717. The van der Waals surface area contributed by atoms with Crippen LogP contribution >= 0.6 is 0 Å². The fraction of sp³-hybridized carbons (Fsp3) is 0.571. The first-order valence-corrected chi connectivity index (χ1v) is 9.93. The molecule has 6 nitrogen and oxygen atoms in total. The Morgan fingerprint density at radius 1 is 1.38 bits per heavy atom. The molecule has 158 valence electrons. The smallest absolute Gasteiger partial charge is 0.303 e. The number of nitrogens with zero attached hydrogens (tertiary/aromatic N) is 3. The minimum atomic E-state index is -2.21. The number of alkyl halides is 1. The summed E-state index contributed by atoms with van der Waals surface area (Å²) in [6.07, 6.45) is 3.71. The van der Waals surface area contributed by atoms with E-state index in [4.69, 9.17) is 9.84 Å². The van der Waals surface area contributed by atoms with Crippen molar-refractivity contribution in [2.24, 2.45) is 5.92 Å². The van der Waals surface area contributed by atoms with E-state index >= 15 is 4.39 Å². The number of carbonyl (C=O) groups is 1. The molecule has 29 heavy (non-hydrogen) atoms. The molecule has 2 heterocycles. The van der Waals surface area contributed by atoms with Crippen LogP contribution in [0.25, 0.3) is 5.57 Å². The maximum atomic E-state index is 15.5. The molecule has 1 aromatic rings. The Hall–Kier alpha value is -2.35. The standard InChI is InChI=1S/C21H27F2N3O3/c1-13(2)29-18-10-14(3)24-20(25-18)16-4-7-21(23,17(22)12-16)26-8-5-15(6-9-26)11-19(27)28/h4,10,12-13,15H,5-9,11H2,1-3H3,(H,27,28). The molecule has 0 radical (unpaired) electrons. The highest BCUT2D eigenvalue weighted by Gasteiger charge is 2.44. The first kappa shape index (κ1) is 21.4. The lowest BCUT2D eigenvalue weighted by atomic mass is 9.90. The van der Waals surface area contributed by atoms with Crippen molar-refractivity contribution in [1.82, 2.24) is 14.9 Å². The van der Waals surface area contributed by atoms with Gasteiger partial charge in [-0.3, -0.25) is 9.69 Å². The summed E-state index contributed by atoms with van der Waals surface area (Å²) in [5.74, 6) is -3.22. The van der Waals surface area contributed by atoms with Gasteiger partial charge in [-0.25, -0.2) is 13.8 Å². The summed E-state index contributed by atoms with van der Waals surface area (Å²) >= 11 is 0. The van der Waals surface area contributed by atoms with Crippen molar-refractivity contribution in [2.45, 2.75) is 58.4 Å². The molecular formula is C21H27F2N3O3. The molecule has 8 heteroatoms. The van der Waals surface area contributed by atoms with Crippen molar-refractivity contribution in [1.29, 1.82) is 0 Å². The molecule has 1 aromatic heterocycles. The molecule has 0 amide bonds. The van der Waals surface area contributed by atoms with Crippen LogP contribution in [0.5, 0.6) is 5.88 Å². The lowest BCUT2D eigenvalue weighted by Gasteiger charge is -2.41. The number of hydrogen-bond donors (Lipinski definition) is 1. The third-order valence-electron chi connectivity index (χ3n) is 5.27. The van der Waals surface area contributed by atoms with E-state index in [1.165, 1.54) is 4.90 Å². The van der Waals surface area contributed by atoms with Crippen molar-refractivity contribution in [3.63, 3.8) is 0 Å². The molecule has 0 saturated carbocycles. The van der Waals surface area contributed by atoms with E-state index in [1.54, 1.807) is 19.1 Å². The summed E-state index contributed by atoms with van der Waals surface area (Å²) in [5.41, 5.74) is 1.10. The molecule has 0 bridgehead atoms. The number of piperidine rings is 1. The van der Waals surface area contributed by atoms with Gasteiger partial charge < -0.3 is 9.84 Å². The van der Waals surface area contributed by atoms with Crippen LogP contribution in [0, 0.1) is 12.8 Å². The van der Waals surface area contributed by atoms with Gasteiger partial charge in [0.2, 0.25) is 11.7 Å². The van der Waals surface area contributed by atoms with E-state index in [9.17, 15) is 9.18 Å². The molecule has 1 aliphatic heterocycles. The van der Waals surface area contributed by atoms with Crippen LogP contribution in [-0.2, 0) is 4.79 Å². The number of carboxylic acids is 1. The Labute approximate surface area is 169 Å². The van der Waals surface area contributed by atoms with Crippen LogP contribution in [0.15, 0.2) is 24.0 Å². The molecule has 3 rings (SSSR count). The second-order valence-corrected chi connectivity index (χ2v) is 7.98. The van der Waals surface area contributed by atoms with Crippen molar-refractivity contribution >= 4 is 11.5 Å². The number of halogens is 2. The summed E-state index contributed by atoms with van der Waals surface area (Å²) in [7, 11) is 0. The van der Waals surface area contributed by atoms with Crippen molar-refractivity contribution < 1.29 is 23.4 Å². The molecule has 2 aliphatic rings. The summed E-state index contributed by atoms with van der Waals surface area (Å²) < 4.78 is 36.0. The van der Waals surface area contributed by atoms with Crippen LogP contribution in [-0.4, -0.2) is 50.9 Å². The zero-order valence-corrected chi connectivity index (χ0v) is 17.0. The maximum absolute atomic E-state index is 15.5. The number of carboxylic acid groups (broad SMARTS) is 1. The SMILES string of the molecule is Cc1cc(OC(C)C)nc(C2=CCC(F)(N3CCC(CC(=O)O)CC3)C(F)=C2)n1. The number of aryl methyl sites for hydroxylation is 1. The minimum absolute atomic E-state index is 0.00848. The van der Waals surface area contributed by atoms with Crippen LogP contribution in [0.4, 0.5) is 8.78 Å². The Morgan fingerprint density at radius 3 is 2.66 bits per heavy atom. The Bertz CT molecular complexity index is 832. The molecular weight excluding hydrogens is 380 g/mol. The van der Waals surface area contributed by atoms with Gasteiger partial charge >= 0.3 is 5.97 Å². The number of likely N-dealkylation sites (tertiary alicyclic amines) is 1. The molecule has 1 atom stereocenters. The Morgan fingerprint density at radius 2 is 2.07 bits per heavy atom. The van der Waals surface area contributed by atoms with Crippen LogP contribution in [0.1, 0.15) is 51.0 Å². The first-order valence-electron chi connectivity index (χ1n) is 9.93. The summed E-state index contributed by atoms with van der Waals surface area (Å²) in [5, 5.41) is 8.91. The van der Waals surface area contributed by atoms with Crippen LogP contribution in [0.2, 0.25) is 0 Å². The van der Waals surface area contributed by atoms with Gasteiger partial charge in [-0.05, 0) is 45.6 Å². The first-order chi connectivity index (χ1) is 13.7. The minimum Gasteiger partial charge on any atom is -0.481 e. The van der Waals surface area contributed by atoms with Gasteiger partial charge in [-0.1, -0.05) is 6.08 Å². The van der Waals surface area contributed by atoms with Crippen molar-refractivity contribution in [2.75, 3.05) is 13.1 Å². The number of aliphatic carboxylic acids is 1. The molecule has 0 aromatic carbocycles. The topological polar surface area (TPSA) is 75.5 Å². The van der Waals surface area contributed by atoms with E-state index in [2.05, 4.69) is 9.97 Å². The van der Waals surface area contributed by atoms with E-state index in [-0.39, 0.29) is 24.9 Å². The number of hydrogen-bond acceptors (Lipinski definition) is 5. The fourth-order valence-corrected chi connectivity index (χ4v) is 3.79. The molecule has 1 fully saturated rings. The lowest BCUT2D eigenvalue weighted by Crippen LogP contribution is -2.50. The van der Waals surface area contributed by atoms with Crippen LogP contribution < -0.4 is 4.74 Å². The van der Waals surface area contributed by atoms with Crippen molar-refractivity contribution in [3.05, 3.63) is 35.6 Å². The van der Waals surface area contributed by atoms with Gasteiger partial charge in [0, 0.05) is 43.3 Å². The molecule has 1 saturated heterocycles. The summed E-state index contributed by atoms with van der Waals surface area (Å²) in [6, 6.07) is 1.70. The predicted molar refractivity (Wildman–Crippen MR) is 105 cm³/mol. The molecule has 1 unspecified atom stereocenters. The Kier molecular flexibility index (Phi) is 6.31. The zero-order chi connectivity index (χ0) is 21.2. The molecule has 1 N–H and O–H groups in total. The van der Waals surface area contributed by atoms with E-state index < -0.39 is 17.6 Å². The maximum Gasteiger partial charge on any atom is 0.303 e. The largest absolute Gasteiger partial charge is 0.481 e. The van der Waals surface area contributed by atoms with E-state index in [1.807, 2.05) is 13.8 Å². The van der Waals surface area contributed by atoms with E-state index in [0.29, 0.717) is 48.9 Å². The van der Waals surface area contributed by atoms with Crippen LogP contribution in [0.3, 0.4) is 0 Å². The zero-order valence-electron chi connectivity index (χ0n) is 17.0. The highest BCUT2D eigenvalue weighted by molar-refractivity contribution is 5.72. The molecule has 0 spiro atoms. The van der Waals surface area contributed by atoms with Gasteiger partial charge in [0.05, 0.1) is 6.10 Å². The number of rotatable bonds is 6. The van der Waals surface area contributed by atoms with Gasteiger partial charge in [0.1, 0.15) is 0 Å². The highest BCUT2D eigenvalue weighted by Crippen LogP contribution is 2.40. The third-order valence-corrected chi connectivity index (χ3v) is 5.27. The summed E-state index contributed by atoms with van der Waals surface area (Å²) in [4.78, 5) is 21.0. The second-order valence-electron chi connectivity index (χ2n) is 7.98. The van der Waals surface area contributed by atoms with Gasteiger partial charge in [-0.2, -0.15) is 4.98 Å².